The van der Waals surface area contributed by atoms with Gasteiger partial charge in [0.25, 0.3) is 11.5 Å². The molecule has 0 aliphatic carbocycles. The molecular weight excluding hydrogens is 394 g/mol. The molecule has 3 aromatic rings. The number of carbonyl (C=O) groups is 2. The number of para-hydroxylation sites is 1. The van der Waals surface area contributed by atoms with Crippen molar-refractivity contribution in [2.75, 3.05) is 19.7 Å². The number of nitrogens with zero attached hydrogens (tertiary/aromatic N) is 3. The van der Waals surface area contributed by atoms with Crippen molar-refractivity contribution in [3.05, 3.63) is 70.6 Å². The van der Waals surface area contributed by atoms with E-state index in [1.807, 2.05) is 6.07 Å². The van der Waals surface area contributed by atoms with Gasteiger partial charge in [-0.1, -0.05) is 50.2 Å². The minimum Gasteiger partial charge on any atom is -0.451 e. The number of amides is 1. The number of esters is 1. The molecule has 2 aromatic carbocycles. The lowest BCUT2D eigenvalue weighted by molar-refractivity contribution is -0.137. The van der Waals surface area contributed by atoms with Gasteiger partial charge in [-0.2, -0.15) is 9.78 Å². The van der Waals surface area contributed by atoms with Crippen LogP contribution in [0.1, 0.15) is 30.8 Å². The molecule has 2 heterocycles. The third-order valence-corrected chi connectivity index (χ3v) is 5.55. The summed E-state index contributed by atoms with van der Waals surface area (Å²) in [6, 6.07) is 15.7. The van der Waals surface area contributed by atoms with Crippen LogP contribution in [0.2, 0.25) is 0 Å². The molecule has 2 unspecified atom stereocenters. The third kappa shape index (κ3) is 4.35. The average Bonchev–Trinajstić information content (AvgIpc) is 2.77. The number of fused-ring (bicyclic) bond motifs is 1. The molecule has 1 aliphatic heterocycles. The Hall–Kier alpha value is -3.48. The summed E-state index contributed by atoms with van der Waals surface area (Å²) in [7, 11) is 0. The molecule has 1 saturated heterocycles. The Morgan fingerprint density at radius 3 is 2.26 bits per heavy atom. The van der Waals surface area contributed by atoms with Gasteiger partial charge >= 0.3 is 5.97 Å². The second kappa shape index (κ2) is 8.71. The Morgan fingerprint density at radius 2 is 1.58 bits per heavy atom. The van der Waals surface area contributed by atoms with E-state index in [1.165, 1.54) is 4.68 Å². The maximum absolute atomic E-state index is 12.9. The van der Waals surface area contributed by atoms with E-state index in [1.54, 1.807) is 53.4 Å². The van der Waals surface area contributed by atoms with E-state index < -0.39 is 5.97 Å². The van der Waals surface area contributed by atoms with E-state index in [0.717, 1.165) is 6.42 Å². The van der Waals surface area contributed by atoms with Crippen molar-refractivity contribution in [2.24, 2.45) is 11.8 Å². The summed E-state index contributed by atoms with van der Waals surface area (Å²) in [5, 5.41) is 5.05. The van der Waals surface area contributed by atoms with E-state index in [4.69, 9.17) is 4.74 Å². The number of hydrogen-bond acceptors (Lipinski definition) is 5. The van der Waals surface area contributed by atoms with E-state index in [0.29, 0.717) is 41.4 Å². The van der Waals surface area contributed by atoms with Crippen LogP contribution >= 0.6 is 0 Å². The minimum atomic E-state index is -0.729. The Kier molecular flexibility index (Phi) is 5.84. The van der Waals surface area contributed by atoms with Gasteiger partial charge in [0.2, 0.25) is 0 Å². The summed E-state index contributed by atoms with van der Waals surface area (Å²) in [5.41, 5.74) is 0.220. The molecule has 0 spiro atoms. The first kappa shape index (κ1) is 20.8. The summed E-state index contributed by atoms with van der Waals surface area (Å²) in [6.45, 7) is 5.22. The van der Waals surface area contributed by atoms with Gasteiger partial charge in [0.15, 0.2) is 12.3 Å². The van der Waals surface area contributed by atoms with Crippen LogP contribution in [0.25, 0.3) is 16.5 Å². The van der Waals surface area contributed by atoms with Gasteiger partial charge in [0, 0.05) is 18.5 Å². The van der Waals surface area contributed by atoms with Crippen LogP contribution in [0.15, 0.2) is 59.4 Å². The smallest absolute Gasteiger partial charge is 0.359 e. The van der Waals surface area contributed by atoms with Crippen LogP contribution in [-0.2, 0) is 9.53 Å². The van der Waals surface area contributed by atoms with Crippen molar-refractivity contribution in [1.29, 1.82) is 0 Å². The second-order valence-electron chi connectivity index (χ2n) is 8.27. The summed E-state index contributed by atoms with van der Waals surface area (Å²) < 4.78 is 6.53. The lowest BCUT2D eigenvalue weighted by atomic mass is 9.92. The molecule has 7 heteroatoms. The molecule has 4 rings (SSSR count). The fourth-order valence-corrected chi connectivity index (χ4v) is 4.24. The summed E-state index contributed by atoms with van der Waals surface area (Å²) >= 11 is 0. The van der Waals surface area contributed by atoms with Crippen LogP contribution in [0.5, 0.6) is 0 Å². The fourth-order valence-electron chi connectivity index (χ4n) is 4.24. The molecule has 0 radical (unpaired) electrons. The molecule has 2 atom stereocenters. The average molecular weight is 419 g/mol. The number of benzene rings is 2. The number of hydrogen-bond donors (Lipinski definition) is 0. The zero-order chi connectivity index (χ0) is 22.0. The van der Waals surface area contributed by atoms with Crippen LogP contribution < -0.4 is 5.56 Å². The molecule has 1 aromatic heterocycles. The normalized spacial score (nSPS) is 18.7. The Bertz CT molecular complexity index is 1160. The molecule has 0 saturated carbocycles. The Morgan fingerprint density at radius 1 is 0.968 bits per heavy atom. The van der Waals surface area contributed by atoms with Crippen LogP contribution in [0.3, 0.4) is 0 Å². The number of piperidine rings is 1. The topological polar surface area (TPSA) is 81.5 Å². The van der Waals surface area contributed by atoms with Crippen molar-refractivity contribution < 1.29 is 14.3 Å². The summed E-state index contributed by atoms with van der Waals surface area (Å²) in [4.78, 5) is 40.2. The van der Waals surface area contributed by atoms with Gasteiger partial charge in [-0.05, 0) is 36.5 Å². The molecule has 31 heavy (non-hydrogen) atoms. The zero-order valence-electron chi connectivity index (χ0n) is 17.7. The van der Waals surface area contributed by atoms with E-state index in [-0.39, 0.29) is 23.8 Å². The van der Waals surface area contributed by atoms with Crippen molar-refractivity contribution in [1.82, 2.24) is 14.7 Å². The van der Waals surface area contributed by atoms with Crippen LogP contribution in [0.4, 0.5) is 0 Å². The molecule has 7 nitrogen and oxygen atoms in total. The monoisotopic (exact) mass is 419 g/mol. The molecule has 160 valence electrons. The highest BCUT2D eigenvalue weighted by Crippen LogP contribution is 2.21. The molecule has 0 bridgehead atoms. The quantitative estimate of drug-likeness (QED) is 0.607. The SMILES string of the molecule is CC1CC(C)CN(C(=O)COC(=O)c2nn(-c3ccccc3)c(=O)c3ccccc23)C1. The number of carbonyl (C=O) groups excluding carboxylic acids is 2. The second-order valence-corrected chi connectivity index (χ2v) is 8.27. The Balaban J connectivity index is 1.61. The minimum absolute atomic E-state index is 0.00670. The van der Waals surface area contributed by atoms with Crippen molar-refractivity contribution in [3.8, 4) is 5.69 Å². The van der Waals surface area contributed by atoms with Crippen molar-refractivity contribution >= 4 is 22.6 Å². The maximum atomic E-state index is 12.9. The first-order valence-corrected chi connectivity index (χ1v) is 10.5. The number of aromatic nitrogens is 2. The van der Waals surface area contributed by atoms with Gasteiger partial charge in [-0.15, -0.1) is 0 Å². The molecule has 1 aliphatic rings. The number of likely N-dealkylation sites (tertiary alicyclic amines) is 1. The van der Waals surface area contributed by atoms with Crippen molar-refractivity contribution in [3.63, 3.8) is 0 Å². The van der Waals surface area contributed by atoms with E-state index >= 15 is 0 Å². The standard InChI is InChI=1S/C24H25N3O4/c1-16-12-17(2)14-26(13-16)21(28)15-31-24(30)22-19-10-6-7-11-20(19)23(29)27(25-22)18-8-4-3-5-9-18/h3-11,16-17H,12-15H2,1-2H3. The molecule has 0 N–H and O–H groups in total. The van der Waals surface area contributed by atoms with Gasteiger partial charge in [0.05, 0.1) is 11.1 Å². The lowest BCUT2D eigenvalue weighted by Crippen LogP contribution is -2.44. The molecular formula is C24H25N3O4. The molecule has 1 fully saturated rings. The predicted octanol–water partition coefficient (Wildman–Crippen LogP) is 3.05. The van der Waals surface area contributed by atoms with Gasteiger partial charge in [0.1, 0.15) is 0 Å². The largest absolute Gasteiger partial charge is 0.451 e. The summed E-state index contributed by atoms with van der Waals surface area (Å²) in [5.74, 6) is -0.105. The highest BCUT2D eigenvalue weighted by atomic mass is 16.5. The van der Waals surface area contributed by atoms with Gasteiger partial charge < -0.3 is 9.64 Å². The summed E-state index contributed by atoms with van der Waals surface area (Å²) in [6.07, 6.45) is 1.08. The number of rotatable bonds is 4. The van der Waals surface area contributed by atoms with Gasteiger partial charge in [-0.25, -0.2) is 4.79 Å². The fraction of sp³-hybridized carbons (Fsp3) is 0.333. The molecule has 1 amide bonds. The number of ether oxygens (including phenoxy) is 1. The first-order valence-electron chi connectivity index (χ1n) is 10.5. The van der Waals surface area contributed by atoms with E-state index in [2.05, 4.69) is 18.9 Å². The highest BCUT2D eigenvalue weighted by Gasteiger charge is 2.27. The zero-order valence-corrected chi connectivity index (χ0v) is 17.7. The highest BCUT2D eigenvalue weighted by molar-refractivity contribution is 6.02. The lowest BCUT2D eigenvalue weighted by Gasteiger charge is -2.34. The van der Waals surface area contributed by atoms with E-state index in [9.17, 15) is 14.4 Å². The van der Waals surface area contributed by atoms with Crippen LogP contribution in [0, 0.1) is 11.8 Å². The van der Waals surface area contributed by atoms with Crippen LogP contribution in [-0.4, -0.2) is 46.3 Å². The first-order chi connectivity index (χ1) is 14.9. The predicted molar refractivity (Wildman–Crippen MR) is 117 cm³/mol. The third-order valence-electron chi connectivity index (χ3n) is 5.55. The van der Waals surface area contributed by atoms with Crippen molar-refractivity contribution in [2.45, 2.75) is 20.3 Å². The maximum Gasteiger partial charge on any atom is 0.359 e. The van der Waals surface area contributed by atoms with Gasteiger partial charge in [-0.3, -0.25) is 9.59 Å². The Labute approximate surface area is 180 Å².